The van der Waals surface area contributed by atoms with Crippen LogP contribution >= 0.6 is 0 Å². The van der Waals surface area contributed by atoms with E-state index in [0.717, 1.165) is 18.2 Å². The number of rotatable bonds is 4. The molecule has 0 aliphatic carbocycles. The first kappa shape index (κ1) is 13.2. The summed E-state index contributed by atoms with van der Waals surface area (Å²) in [5, 5.41) is 8.80. The largest absolute Gasteiger partial charge is 0.481 e. The molecule has 0 aliphatic rings. The van der Waals surface area contributed by atoms with Crippen LogP contribution in [0.1, 0.15) is 12.7 Å². The fourth-order valence-electron chi connectivity index (χ4n) is 1.68. The first-order valence-corrected chi connectivity index (χ1v) is 5.69. The summed E-state index contributed by atoms with van der Waals surface area (Å²) in [5.41, 5.74) is 0.395. The van der Waals surface area contributed by atoms with Gasteiger partial charge in [-0.1, -0.05) is 6.92 Å². The summed E-state index contributed by atoms with van der Waals surface area (Å²) in [6, 6.07) is 3.13. The molecule has 0 saturated carbocycles. The Morgan fingerprint density at radius 3 is 2.89 bits per heavy atom. The van der Waals surface area contributed by atoms with Gasteiger partial charge in [-0.25, -0.2) is 13.8 Å². The lowest BCUT2D eigenvalue weighted by Crippen LogP contribution is -2.13. The number of aromatic nitrogens is 2. The molecule has 1 unspecified atom stereocenters. The molecule has 0 spiro atoms. The highest BCUT2D eigenvalue weighted by Gasteiger charge is 2.15. The highest BCUT2D eigenvalue weighted by atomic mass is 19.1. The molecule has 19 heavy (non-hydrogen) atoms. The Labute approximate surface area is 108 Å². The van der Waals surface area contributed by atoms with Gasteiger partial charge in [0, 0.05) is 12.0 Å². The molecule has 1 aromatic carbocycles. The average Bonchev–Trinajstić information content (AvgIpc) is 2.80. The van der Waals surface area contributed by atoms with E-state index in [-0.39, 0.29) is 12.0 Å². The van der Waals surface area contributed by atoms with Crippen LogP contribution in [-0.2, 0) is 11.2 Å². The molecule has 2 rings (SSSR count). The van der Waals surface area contributed by atoms with Crippen molar-refractivity contribution in [1.29, 1.82) is 0 Å². The van der Waals surface area contributed by atoms with Crippen LogP contribution in [0.2, 0.25) is 0 Å². The average molecular weight is 266 g/mol. The lowest BCUT2D eigenvalue weighted by atomic mass is 10.1. The number of aliphatic carboxylic acids is 1. The summed E-state index contributed by atoms with van der Waals surface area (Å²) in [6.07, 6.45) is 1.56. The van der Waals surface area contributed by atoms with Gasteiger partial charge >= 0.3 is 5.97 Å². The number of imidazole rings is 1. The number of hydrogen-bond donors (Lipinski definition) is 2. The smallest absolute Gasteiger partial charge is 0.306 e. The normalized spacial score (nSPS) is 12.4. The van der Waals surface area contributed by atoms with Gasteiger partial charge in [0.2, 0.25) is 0 Å². The van der Waals surface area contributed by atoms with Crippen molar-refractivity contribution >= 4 is 5.97 Å². The molecular weight excluding hydrogens is 254 g/mol. The molecule has 6 heteroatoms. The standard InChI is InChI=1S/C13H12F2N2O2/c1-7(13(18)19)4-12-16-6-11(17-12)9-5-8(14)2-3-10(9)15/h2-3,5-7H,4H2,1H3,(H,16,17)(H,18,19). The van der Waals surface area contributed by atoms with E-state index in [0.29, 0.717) is 11.5 Å². The third kappa shape index (κ3) is 2.96. The SMILES string of the molecule is CC(Cc1ncc(-c2cc(F)ccc2F)[nH]1)C(=O)O. The van der Waals surface area contributed by atoms with Crippen molar-refractivity contribution in [3.8, 4) is 11.3 Å². The number of aromatic amines is 1. The number of nitrogens with one attached hydrogen (secondary N) is 1. The molecule has 0 bridgehead atoms. The van der Waals surface area contributed by atoms with Crippen LogP contribution in [-0.4, -0.2) is 21.0 Å². The minimum atomic E-state index is -0.935. The molecule has 1 aromatic heterocycles. The maximum atomic E-state index is 13.5. The Morgan fingerprint density at radius 2 is 2.21 bits per heavy atom. The Morgan fingerprint density at radius 1 is 1.47 bits per heavy atom. The van der Waals surface area contributed by atoms with Gasteiger partial charge in [0.05, 0.1) is 17.8 Å². The maximum Gasteiger partial charge on any atom is 0.306 e. The molecule has 2 N–H and O–H groups in total. The molecule has 0 saturated heterocycles. The number of nitrogens with zero attached hydrogens (tertiary/aromatic N) is 1. The lowest BCUT2D eigenvalue weighted by molar-refractivity contribution is -0.141. The molecule has 0 aliphatic heterocycles. The second-order valence-electron chi connectivity index (χ2n) is 4.31. The zero-order valence-electron chi connectivity index (χ0n) is 10.2. The second kappa shape index (κ2) is 5.17. The number of hydrogen-bond acceptors (Lipinski definition) is 2. The van der Waals surface area contributed by atoms with E-state index in [1.807, 2.05) is 0 Å². The van der Waals surface area contributed by atoms with Gasteiger partial charge in [0.15, 0.2) is 0 Å². The summed E-state index contributed by atoms with van der Waals surface area (Å²) in [6.45, 7) is 1.55. The zero-order valence-corrected chi connectivity index (χ0v) is 10.2. The van der Waals surface area contributed by atoms with Crippen molar-refractivity contribution in [2.24, 2.45) is 5.92 Å². The minimum absolute atomic E-state index is 0.0710. The van der Waals surface area contributed by atoms with Crippen molar-refractivity contribution in [2.75, 3.05) is 0 Å². The van der Waals surface area contributed by atoms with E-state index in [1.54, 1.807) is 6.92 Å². The van der Waals surface area contributed by atoms with E-state index in [4.69, 9.17) is 5.11 Å². The fourth-order valence-corrected chi connectivity index (χ4v) is 1.68. The van der Waals surface area contributed by atoms with Crippen LogP contribution in [0, 0.1) is 17.6 Å². The van der Waals surface area contributed by atoms with E-state index in [9.17, 15) is 13.6 Å². The van der Waals surface area contributed by atoms with Crippen molar-refractivity contribution in [3.05, 3.63) is 41.9 Å². The van der Waals surface area contributed by atoms with Crippen molar-refractivity contribution in [1.82, 2.24) is 9.97 Å². The van der Waals surface area contributed by atoms with Crippen LogP contribution in [0.15, 0.2) is 24.4 Å². The van der Waals surface area contributed by atoms with Crippen LogP contribution < -0.4 is 0 Å². The molecule has 2 aromatic rings. The van der Waals surface area contributed by atoms with E-state index < -0.39 is 23.5 Å². The molecule has 1 heterocycles. The van der Waals surface area contributed by atoms with Gasteiger partial charge in [0.25, 0.3) is 0 Å². The molecule has 0 amide bonds. The van der Waals surface area contributed by atoms with E-state index in [2.05, 4.69) is 9.97 Å². The maximum absolute atomic E-state index is 13.5. The third-order valence-corrected chi connectivity index (χ3v) is 2.77. The quantitative estimate of drug-likeness (QED) is 0.894. The molecule has 100 valence electrons. The van der Waals surface area contributed by atoms with Gasteiger partial charge in [0.1, 0.15) is 17.5 Å². The van der Waals surface area contributed by atoms with Gasteiger partial charge in [-0.15, -0.1) is 0 Å². The Kier molecular flexibility index (Phi) is 3.59. The topological polar surface area (TPSA) is 66.0 Å². The first-order valence-electron chi connectivity index (χ1n) is 5.69. The number of carboxylic acids is 1. The summed E-state index contributed by atoms with van der Waals surface area (Å²) >= 11 is 0. The van der Waals surface area contributed by atoms with Gasteiger partial charge in [-0.3, -0.25) is 4.79 Å². The summed E-state index contributed by atoms with van der Waals surface area (Å²) in [5.74, 6) is -2.23. The molecule has 4 nitrogen and oxygen atoms in total. The molecule has 0 radical (unpaired) electrons. The number of benzene rings is 1. The fraction of sp³-hybridized carbons (Fsp3) is 0.231. The third-order valence-electron chi connectivity index (χ3n) is 2.77. The van der Waals surface area contributed by atoms with Gasteiger partial charge < -0.3 is 10.1 Å². The van der Waals surface area contributed by atoms with Crippen molar-refractivity contribution < 1.29 is 18.7 Å². The van der Waals surface area contributed by atoms with E-state index in [1.165, 1.54) is 6.20 Å². The van der Waals surface area contributed by atoms with Gasteiger partial charge in [-0.2, -0.15) is 0 Å². The number of carbonyl (C=O) groups is 1. The van der Waals surface area contributed by atoms with Crippen molar-refractivity contribution in [3.63, 3.8) is 0 Å². The summed E-state index contributed by atoms with van der Waals surface area (Å²) in [4.78, 5) is 17.5. The van der Waals surface area contributed by atoms with Crippen molar-refractivity contribution in [2.45, 2.75) is 13.3 Å². The molecule has 1 atom stereocenters. The number of H-pyrrole nitrogens is 1. The summed E-state index contributed by atoms with van der Waals surface area (Å²) < 4.78 is 26.6. The number of halogens is 2. The molecular formula is C13H12F2N2O2. The van der Waals surface area contributed by atoms with E-state index >= 15 is 0 Å². The highest BCUT2D eigenvalue weighted by molar-refractivity contribution is 5.69. The zero-order chi connectivity index (χ0) is 14.0. The van der Waals surface area contributed by atoms with Gasteiger partial charge in [-0.05, 0) is 18.2 Å². The summed E-state index contributed by atoms with van der Waals surface area (Å²) in [7, 11) is 0. The number of carboxylic acid groups (broad SMARTS) is 1. The van der Waals surface area contributed by atoms with Crippen LogP contribution in [0.3, 0.4) is 0 Å². The predicted molar refractivity (Wildman–Crippen MR) is 64.4 cm³/mol. The molecule has 0 fully saturated rings. The van der Waals surface area contributed by atoms with Crippen LogP contribution in [0.25, 0.3) is 11.3 Å². The predicted octanol–water partition coefficient (Wildman–Crippen LogP) is 2.62. The first-order chi connectivity index (χ1) is 8.97. The Balaban J connectivity index is 2.26. The second-order valence-corrected chi connectivity index (χ2v) is 4.31. The Bertz CT molecular complexity index is 610. The highest BCUT2D eigenvalue weighted by Crippen LogP contribution is 2.22. The monoisotopic (exact) mass is 266 g/mol. The minimum Gasteiger partial charge on any atom is -0.481 e. The van der Waals surface area contributed by atoms with Crippen LogP contribution in [0.5, 0.6) is 0 Å². The van der Waals surface area contributed by atoms with Crippen LogP contribution in [0.4, 0.5) is 8.78 Å². The Hall–Kier alpha value is -2.24. The lowest BCUT2D eigenvalue weighted by Gasteiger charge is -2.03.